The molecule has 1 fully saturated rings. The Balaban J connectivity index is 1.80. The Morgan fingerprint density at radius 1 is 1.10 bits per heavy atom. The van der Waals surface area contributed by atoms with Crippen LogP contribution in [-0.2, 0) is 16.1 Å². The first-order valence-electron chi connectivity index (χ1n) is 7.28. The molecule has 114 valence electrons. The summed E-state index contributed by atoms with van der Waals surface area (Å²) in [7, 11) is 0. The summed E-state index contributed by atoms with van der Waals surface area (Å²) in [6.07, 6.45) is 1.97. The maximum absolute atomic E-state index is 10.9. The zero-order chi connectivity index (χ0) is 15.2. The molecule has 0 atom stereocenters. The number of carbonyl (C=O) groups is 2. The van der Waals surface area contributed by atoms with Crippen LogP contribution < -0.4 is 0 Å². The monoisotopic (exact) mass is 291 g/mol. The molecule has 0 amide bonds. The van der Waals surface area contributed by atoms with Crippen LogP contribution in [0.4, 0.5) is 0 Å². The van der Waals surface area contributed by atoms with E-state index in [0.29, 0.717) is 0 Å². The third-order valence-corrected chi connectivity index (χ3v) is 4.12. The van der Waals surface area contributed by atoms with Crippen LogP contribution in [0.1, 0.15) is 24.8 Å². The summed E-state index contributed by atoms with van der Waals surface area (Å²) in [5.41, 5.74) is 1.27. The molecule has 5 heteroatoms. The van der Waals surface area contributed by atoms with Gasteiger partial charge in [0.15, 0.2) is 5.92 Å². The van der Waals surface area contributed by atoms with E-state index in [4.69, 9.17) is 10.2 Å². The zero-order valence-corrected chi connectivity index (χ0v) is 11.9. The van der Waals surface area contributed by atoms with E-state index in [0.717, 1.165) is 32.5 Å². The van der Waals surface area contributed by atoms with Crippen LogP contribution in [-0.4, -0.2) is 40.1 Å². The van der Waals surface area contributed by atoms with E-state index >= 15 is 0 Å². The highest BCUT2D eigenvalue weighted by molar-refractivity contribution is 5.92. The largest absolute Gasteiger partial charge is 0.481 e. The van der Waals surface area contributed by atoms with Gasteiger partial charge in [0, 0.05) is 6.54 Å². The van der Waals surface area contributed by atoms with Crippen molar-refractivity contribution in [2.45, 2.75) is 25.8 Å². The zero-order valence-electron chi connectivity index (χ0n) is 11.9. The average Bonchev–Trinajstić information content (AvgIpc) is 2.47. The number of hydrogen-bond donors (Lipinski definition) is 2. The molecule has 0 unspecified atom stereocenters. The van der Waals surface area contributed by atoms with Gasteiger partial charge in [-0.25, -0.2) is 0 Å². The molecule has 0 aliphatic carbocycles. The fourth-order valence-electron chi connectivity index (χ4n) is 2.86. The Morgan fingerprint density at radius 3 is 2.19 bits per heavy atom. The van der Waals surface area contributed by atoms with Crippen LogP contribution >= 0.6 is 0 Å². The standard InChI is InChI=1S/C16H21NO4/c18-15(19)14(16(20)21)10-12-6-8-17(9-7-12)11-13-4-2-1-3-5-13/h1-5,12,14H,6-11H2,(H,18,19)(H,20,21). The molecule has 1 aliphatic rings. The first-order valence-corrected chi connectivity index (χ1v) is 7.28. The number of nitrogens with zero attached hydrogens (tertiary/aromatic N) is 1. The molecule has 0 spiro atoms. The first kappa shape index (κ1) is 15.5. The highest BCUT2D eigenvalue weighted by atomic mass is 16.4. The van der Waals surface area contributed by atoms with E-state index in [-0.39, 0.29) is 12.3 Å². The number of benzene rings is 1. The van der Waals surface area contributed by atoms with Crippen LogP contribution in [0.5, 0.6) is 0 Å². The highest BCUT2D eigenvalue weighted by Crippen LogP contribution is 2.25. The molecular weight excluding hydrogens is 270 g/mol. The molecule has 1 aromatic carbocycles. The van der Waals surface area contributed by atoms with Crippen LogP contribution in [0, 0.1) is 11.8 Å². The van der Waals surface area contributed by atoms with Crippen molar-refractivity contribution in [3.05, 3.63) is 35.9 Å². The number of carboxylic acid groups (broad SMARTS) is 2. The van der Waals surface area contributed by atoms with E-state index in [1.165, 1.54) is 5.56 Å². The van der Waals surface area contributed by atoms with Crippen LogP contribution in [0.2, 0.25) is 0 Å². The second-order valence-electron chi connectivity index (χ2n) is 5.67. The highest BCUT2D eigenvalue weighted by Gasteiger charge is 2.30. The van der Waals surface area contributed by atoms with Crippen LogP contribution in [0.25, 0.3) is 0 Å². The van der Waals surface area contributed by atoms with Gasteiger partial charge in [-0.3, -0.25) is 14.5 Å². The second kappa shape index (κ2) is 7.22. The number of piperidine rings is 1. The predicted octanol–water partition coefficient (Wildman–Crippen LogP) is 2.07. The molecule has 21 heavy (non-hydrogen) atoms. The van der Waals surface area contributed by atoms with Crippen LogP contribution in [0.3, 0.4) is 0 Å². The van der Waals surface area contributed by atoms with E-state index in [9.17, 15) is 9.59 Å². The van der Waals surface area contributed by atoms with E-state index in [1.807, 2.05) is 18.2 Å². The van der Waals surface area contributed by atoms with Gasteiger partial charge in [-0.1, -0.05) is 30.3 Å². The molecule has 2 rings (SSSR count). The van der Waals surface area contributed by atoms with Gasteiger partial charge < -0.3 is 10.2 Å². The number of aliphatic carboxylic acids is 2. The van der Waals surface area contributed by atoms with Crippen molar-refractivity contribution in [3.63, 3.8) is 0 Å². The maximum Gasteiger partial charge on any atom is 0.317 e. The average molecular weight is 291 g/mol. The molecule has 1 saturated heterocycles. The van der Waals surface area contributed by atoms with Crippen molar-refractivity contribution in [1.82, 2.24) is 4.90 Å². The van der Waals surface area contributed by atoms with Crippen molar-refractivity contribution in [3.8, 4) is 0 Å². The number of hydrogen-bond acceptors (Lipinski definition) is 3. The van der Waals surface area contributed by atoms with Gasteiger partial charge in [0.05, 0.1) is 0 Å². The minimum atomic E-state index is -1.27. The Morgan fingerprint density at radius 2 is 1.67 bits per heavy atom. The van der Waals surface area contributed by atoms with E-state index in [2.05, 4.69) is 17.0 Å². The molecule has 2 N–H and O–H groups in total. The van der Waals surface area contributed by atoms with Crippen LogP contribution in [0.15, 0.2) is 30.3 Å². The SMILES string of the molecule is O=C(O)C(CC1CCN(Cc2ccccc2)CC1)C(=O)O. The minimum Gasteiger partial charge on any atom is -0.481 e. The topological polar surface area (TPSA) is 77.8 Å². The smallest absolute Gasteiger partial charge is 0.317 e. The Kier molecular flexibility index (Phi) is 5.33. The summed E-state index contributed by atoms with van der Waals surface area (Å²) in [5.74, 6) is -3.53. The molecular formula is C16H21NO4. The van der Waals surface area contributed by atoms with Gasteiger partial charge in [-0.15, -0.1) is 0 Å². The van der Waals surface area contributed by atoms with Gasteiger partial charge in [0.2, 0.25) is 0 Å². The lowest BCUT2D eigenvalue weighted by atomic mass is 9.87. The lowest BCUT2D eigenvalue weighted by Crippen LogP contribution is -2.35. The van der Waals surface area contributed by atoms with Crippen molar-refractivity contribution >= 4 is 11.9 Å². The lowest BCUT2D eigenvalue weighted by Gasteiger charge is -2.32. The van der Waals surface area contributed by atoms with Gasteiger partial charge >= 0.3 is 11.9 Å². The van der Waals surface area contributed by atoms with Gasteiger partial charge in [-0.2, -0.15) is 0 Å². The summed E-state index contributed by atoms with van der Waals surface area (Å²) in [6.45, 7) is 2.69. The third-order valence-electron chi connectivity index (χ3n) is 4.12. The van der Waals surface area contributed by atoms with E-state index < -0.39 is 17.9 Å². The van der Waals surface area contributed by atoms with Crippen molar-refractivity contribution in [2.75, 3.05) is 13.1 Å². The normalized spacial score (nSPS) is 17.0. The van der Waals surface area contributed by atoms with Gasteiger partial charge in [0.25, 0.3) is 0 Å². The van der Waals surface area contributed by atoms with Crippen molar-refractivity contribution < 1.29 is 19.8 Å². The molecule has 0 bridgehead atoms. The summed E-state index contributed by atoms with van der Waals surface area (Å²) < 4.78 is 0. The van der Waals surface area contributed by atoms with Gasteiger partial charge in [-0.05, 0) is 43.8 Å². The first-order chi connectivity index (χ1) is 10.1. The molecule has 1 aromatic rings. The summed E-state index contributed by atoms with van der Waals surface area (Å²) >= 11 is 0. The second-order valence-corrected chi connectivity index (χ2v) is 5.67. The molecule has 1 heterocycles. The summed E-state index contributed by atoms with van der Waals surface area (Å²) in [6, 6.07) is 10.2. The fourth-order valence-corrected chi connectivity index (χ4v) is 2.86. The minimum absolute atomic E-state index is 0.189. The lowest BCUT2D eigenvalue weighted by molar-refractivity contribution is -0.155. The van der Waals surface area contributed by atoms with Crippen molar-refractivity contribution in [1.29, 1.82) is 0 Å². The predicted molar refractivity (Wildman–Crippen MR) is 77.8 cm³/mol. The maximum atomic E-state index is 10.9. The summed E-state index contributed by atoms with van der Waals surface area (Å²) in [4.78, 5) is 24.2. The Hall–Kier alpha value is -1.88. The molecule has 0 saturated carbocycles. The quantitative estimate of drug-likeness (QED) is 0.785. The molecule has 0 radical (unpaired) electrons. The number of likely N-dealkylation sites (tertiary alicyclic amines) is 1. The Labute approximate surface area is 124 Å². The Bertz CT molecular complexity index is 466. The molecule has 5 nitrogen and oxygen atoms in total. The molecule has 0 aromatic heterocycles. The number of rotatable bonds is 6. The van der Waals surface area contributed by atoms with Gasteiger partial charge in [0.1, 0.15) is 0 Å². The summed E-state index contributed by atoms with van der Waals surface area (Å²) in [5, 5.41) is 17.9. The van der Waals surface area contributed by atoms with Crippen molar-refractivity contribution in [2.24, 2.45) is 11.8 Å². The van der Waals surface area contributed by atoms with E-state index in [1.54, 1.807) is 0 Å². The molecule has 1 aliphatic heterocycles. The number of carboxylic acids is 2. The third kappa shape index (κ3) is 4.56. The fraction of sp³-hybridized carbons (Fsp3) is 0.500.